The van der Waals surface area contributed by atoms with Crippen molar-refractivity contribution in [3.63, 3.8) is 0 Å². The van der Waals surface area contributed by atoms with E-state index in [1.54, 1.807) is 0 Å². The van der Waals surface area contributed by atoms with Crippen LogP contribution in [-0.4, -0.2) is 29.9 Å². The van der Waals surface area contributed by atoms with Gasteiger partial charge >= 0.3 is 321 Å². The molecule has 0 N–H and O–H groups in total. The van der Waals surface area contributed by atoms with Crippen molar-refractivity contribution in [3.05, 3.63) is 200 Å². The summed E-state index contributed by atoms with van der Waals surface area (Å²) in [5, 5.41) is 17.2. The zero-order valence-electron chi connectivity index (χ0n) is 29.8. The van der Waals surface area contributed by atoms with Gasteiger partial charge in [0, 0.05) is 0 Å². The summed E-state index contributed by atoms with van der Waals surface area (Å²) >= 11 is 0.219. The van der Waals surface area contributed by atoms with Crippen LogP contribution in [0.25, 0.3) is 97.4 Å². The summed E-state index contributed by atoms with van der Waals surface area (Å²) in [6, 6.07) is 71.4. The first kappa shape index (κ1) is 32.9. The Morgan fingerprint density at radius 1 is 0.291 bits per heavy atom. The maximum atomic E-state index is 5.10. The molecule has 10 rings (SSSR count). The molecule has 0 bridgehead atoms. The summed E-state index contributed by atoms with van der Waals surface area (Å²) in [5.41, 5.74) is 14.7. The van der Waals surface area contributed by atoms with Crippen LogP contribution in [0.2, 0.25) is 0 Å². The van der Waals surface area contributed by atoms with Crippen LogP contribution in [0.5, 0.6) is 0 Å². The molecule has 0 spiro atoms. The minimum absolute atomic E-state index is 0.219. The first-order chi connectivity index (χ1) is 27.3. The molecule has 0 fully saturated rings. The Balaban J connectivity index is 1.37. The Kier molecular flexibility index (Phi) is 8.53. The van der Waals surface area contributed by atoms with E-state index in [4.69, 9.17) is 10.2 Å². The molecule has 0 amide bonds. The molecule has 0 atom stereocenters. The summed E-state index contributed by atoms with van der Waals surface area (Å²) in [7, 11) is 0. The van der Waals surface area contributed by atoms with Crippen molar-refractivity contribution in [2.45, 2.75) is 0 Å². The molecule has 0 aliphatic rings. The van der Waals surface area contributed by atoms with Gasteiger partial charge in [0.1, 0.15) is 0 Å². The number of hydrogen-bond acceptors (Lipinski definition) is 3. The van der Waals surface area contributed by atoms with Crippen molar-refractivity contribution in [2.75, 3.05) is 0 Å². The maximum absolute atomic E-state index is 5.10. The molecular weight excluding hydrogens is 734 g/mol. The van der Waals surface area contributed by atoms with E-state index in [1.165, 1.54) is 24.9 Å². The zero-order valence-corrected chi connectivity index (χ0v) is 31.5. The molecule has 2 heterocycles. The van der Waals surface area contributed by atoms with Crippen molar-refractivity contribution in [3.8, 4) is 78.1 Å². The van der Waals surface area contributed by atoms with E-state index in [2.05, 4.69) is 199 Å². The van der Waals surface area contributed by atoms with E-state index in [0.717, 1.165) is 72.6 Å². The molecule has 0 aliphatic carbocycles. The Hall–Kier alpha value is -6.71. The van der Waals surface area contributed by atoms with Gasteiger partial charge in [0.15, 0.2) is 0 Å². The molecule has 2 aromatic heterocycles. The predicted octanol–water partition coefficient (Wildman–Crippen LogP) is 12.9. The van der Waals surface area contributed by atoms with Gasteiger partial charge in [-0.3, -0.25) is 0 Å². The fourth-order valence-corrected chi connectivity index (χ4v) is 10.3. The Morgan fingerprint density at radius 3 is 1.44 bits per heavy atom. The molecule has 55 heavy (non-hydrogen) atoms. The Morgan fingerprint density at radius 2 is 0.745 bits per heavy atom. The summed E-state index contributed by atoms with van der Waals surface area (Å²) < 4.78 is 2.81. The quantitative estimate of drug-likeness (QED) is 0.152. The van der Waals surface area contributed by atoms with E-state index < -0.39 is 0 Å². The van der Waals surface area contributed by atoms with E-state index in [0.29, 0.717) is 0 Å². The van der Waals surface area contributed by atoms with Gasteiger partial charge in [0.05, 0.1) is 0 Å². The summed E-state index contributed by atoms with van der Waals surface area (Å²) in [5.74, 6) is 0. The molecule has 0 saturated carbocycles. The number of fused-ring (bicyclic) bond motifs is 3. The minimum atomic E-state index is 0.219. The van der Waals surface area contributed by atoms with Crippen molar-refractivity contribution >= 4 is 33.8 Å². The second-order valence-electron chi connectivity index (χ2n) is 13.6. The topological polar surface area (TPSA) is 38.7 Å². The van der Waals surface area contributed by atoms with Crippen LogP contribution >= 0.6 is 0 Å². The van der Waals surface area contributed by atoms with Crippen LogP contribution in [0.4, 0.5) is 0 Å². The van der Waals surface area contributed by atoms with Crippen LogP contribution in [0.15, 0.2) is 200 Å². The van der Waals surface area contributed by atoms with Crippen molar-refractivity contribution in [2.24, 2.45) is 0 Å². The molecule has 4 heteroatoms. The molecule has 0 radical (unpaired) electrons. The molecule has 258 valence electrons. The van der Waals surface area contributed by atoms with Gasteiger partial charge in [-0.15, -0.1) is 0 Å². The molecule has 8 aromatic carbocycles. The van der Waals surface area contributed by atoms with Crippen LogP contribution in [-0.2, 0) is 0 Å². The van der Waals surface area contributed by atoms with E-state index in [9.17, 15) is 0 Å². The predicted molar refractivity (Wildman–Crippen MR) is 230 cm³/mol. The number of benzene rings is 8. The summed E-state index contributed by atoms with van der Waals surface area (Å²) in [6.07, 6.45) is 0. The molecule has 3 nitrogen and oxygen atoms in total. The number of hydrogen-bond donors (Lipinski definition) is 0. The van der Waals surface area contributed by atoms with Crippen molar-refractivity contribution in [1.29, 1.82) is 0 Å². The van der Waals surface area contributed by atoms with E-state index in [1.807, 2.05) is 6.07 Å². The first-order valence-electron chi connectivity index (χ1n) is 18.5. The summed E-state index contributed by atoms with van der Waals surface area (Å²) in [4.78, 5) is 0. The van der Waals surface area contributed by atoms with Gasteiger partial charge in [-0.25, -0.2) is 0 Å². The number of aromatic nitrogens is 3. The van der Waals surface area contributed by atoms with Gasteiger partial charge in [0.2, 0.25) is 0 Å². The number of rotatable bonds is 7. The van der Waals surface area contributed by atoms with E-state index >= 15 is 0 Å². The summed E-state index contributed by atoms with van der Waals surface area (Å²) in [6.45, 7) is 0. The van der Waals surface area contributed by atoms with Gasteiger partial charge < -0.3 is 0 Å². The second-order valence-corrected chi connectivity index (χ2v) is 15.8. The first-order valence-corrected chi connectivity index (χ1v) is 20.2. The monoisotopic (exact) mass is 767 g/mol. The molecule has 0 saturated heterocycles. The van der Waals surface area contributed by atoms with Gasteiger partial charge in [-0.05, 0) is 0 Å². The number of nitrogens with zero attached hydrogens (tertiary/aromatic N) is 3. The fraction of sp³-hybridized carbons (Fsp3) is 0. The van der Waals surface area contributed by atoms with Gasteiger partial charge in [-0.1, -0.05) is 6.07 Å². The third-order valence-corrected chi connectivity index (χ3v) is 12.8. The third-order valence-electron chi connectivity index (χ3n) is 10.4. The fourth-order valence-electron chi connectivity index (χ4n) is 7.97. The van der Waals surface area contributed by atoms with Gasteiger partial charge in [0.25, 0.3) is 0 Å². The van der Waals surface area contributed by atoms with Crippen LogP contribution in [0.3, 0.4) is 0 Å². The van der Waals surface area contributed by atoms with Crippen LogP contribution in [0.1, 0.15) is 0 Å². The zero-order chi connectivity index (χ0) is 36.6. The molecule has 0 aliphatic heterocycles. The van der Waals surface area contributed by atoms with E-state index in [-0.39, 0.29) is 14.5 Å². The Bertz CT molecular complexity index is 2970. The van der Waals surface area contributed by atoms with Crippen LogP contribution in [0, 0.1) is 0 Å². The third kappa shape index (κ3) is 5.89. The Labute approximate surface area is 326 Å². The van der Waals surface area contributed by atoms with Crippen molar-refractivity contribution < 1.29 is 0 Å². The standard InChI is InChI=1S/C51H33N3Se/c1-4-18-34(19-5-1)37-24-10-12-26-39(37)41-29-16-30-43(42-31-17-33-46-47(42)44-28-14-15-32-45(44)55-46)48(41)51-49(50(52-54-53-51)36-22-8-3-9-23-36)40-27-13-11-25-38(40)35-20-6-2-7-21-35/h1-33H. The second kappa shape index (κ2) is 14.3. The SMILES string of the molecule is c1ccc(-c2ccccc2-c2cccc(-c3cccc4[se]c5ccccc5c34)c2-c2nnnc(-c3ccccc3)c2-c2ccccc2-c2ccccc2)cc1. The van der Waals surface area contributed by atoms with Crippen molar-refractivity contribution in [1.82, 2.24) is 15.4 Å². The average molecular weight is 767 g/mol. The van der Waals surface area contributed by atoms with Crippen LogP contribution < -0.4 is 0 Å². The molecular formula is C51H33N3Se. The average Bonchev–Trinajstić information content (AvgIpc) is 3.66. The molecule has 10 aromatic rings. The molecule has 0 unspecified atom stereocenters. The normalized spacial score (nSPS) is 11.3. The van der Waals surface area contributed by atoms with Gasteiger partial charge in [-0.2, -0.15) is 0 Å².